The molecule has 1 heteroatoms. The first-order valence-electron chi connectivity index (χ1n) is 8.37. The molecule has 1 rings (SSSR count). The minimum Gasteiger partial charge on any atom is -0.303 e. The molecular formula is C21H32O. The summed E-state index contributed by atoms with van der Waals surface area (Å²) in [6.07, 6.45) is 18.3. The number of aldehydes is 1. The Morgan fingerprint density at radius 3 is 2.64 bits per heavy atom. The van der Waals surface area contributed by atoms with Gasteiger partial charge in [0.1, 0.15) is 6.29 Å². The van der Waals surface area contributed by atoms with Crippen LogP contribution in [0.15, 0.2) is 48.1 Å². The third-order valence-corrected chi connectivity index (χ3v) is 5.42. The molecule has 0 fully saturated rings. The highest BCUT2D eigenvalue weighted by Gasteiger charge is 2.43. The normalized spacial score (nSPS) is 30.1. The van der Waals surface area contributed by atoms with Crippen LogP contribution >= 0.6 is 0 Å². The second kappa shape index (κ2) is 7.76. The molecule has 22 heavy (non-hydrogen) atoms. The lowest BCUT2D eigenvalue weighted by Crippen LogP contribution is -2.40. The van der Waals surface area contributed by atoms with Crippen LogP contribution in [0.2, 0.25) is 0 Å². The van der Waals surface area contributed by atoms with E-state index in [1.165, 1.54) is 5.57 Å². The zero-order valence-electron chi connectivity index (χ0n) is 15.1. The summed E-state index contributed by atoms with van der Waals surface area (Å²) in [5.74, 6) is 0.855. The number of allylic oxidation sites excluding steroid dienone is 8. The standard InChI is InChI=1S/C21H32O/c1-17(9-7-10-18(2)13-16-22)12-15-21(6)19(3)11-8-14-20(21,4)5/h7-12,15-16,18-19H,13-14H2,1-6H3/b10-7+,15-12+,17-9+. The average Bonchev–Trinajstić information content (AvgIpc) is 2.43. The molecule has 0 aliphatic heterocycles. The Balaban J connectivity index is 2.81. The van der Waals surface area contributed by atoms with Crippen molar-refractivity contribution in [2.24, 2.45) is 22.7 Å². The fraction of sp³-hybridized carbons (Fsp3) is 0.571. The molecule has 0 amide bonds. The van der Waals surface area contributed by atoms with Crippen LogP contribution in [0.3, 0.4) is 0 Å². The summed E-state index contributed by atoms with van der Waals surface area (Å²) in [7, 11) is 0. The Kier molecular flexibility index (Phi) is 6.59. The lowest BCUT2D eigenvalue weighted by Gasteiger charge is -2.48. The van der Waals surface area contributed by atoms with E-state index in [-0.39, 0.29) is 10.8 Å². The number of rotatable bonds is 6. The molecule has 3 unspecified atom stereocenters. The van der Waals surface area contributed by atoms with Gasteiger partial charge in [0, 0.05) is 6.42 Å². The molecule has 0 N–H and O–H groups in total. The van der Waals surface area contributed by atoms with Crippen molar-refractivity contribution in [2.75, 3.05) is 0 Å². The van der Waals surface area contributed by atoms with E-state index < -0.39 is 0 Å². The molecule has 1 aliphatic rings. The predicted molar refractivity (Wildman–Crippen MR) is 96.7 cm³/mol. The van der Waals surface area contributed by atoms with Crippen molar-refractivity contribution in [1.29, 1.82) is 0 Å². The van der Waals surface area contributed by atoms with E-state index in [1.54, 1.807) is 0 Å². The minimum atomic E-state index is 0.172. The largest absolute Gasteiger partial charge is 0.303 e. The fourth-order valence-corrected chi connectivity index (χ4v) is 2.97. The zero-order valence-corrected chi connectivity index (χ0v) is 15.1. The first-order chi connectivity index (χ1) is 10.2. The molecule has 0 saturated carbocycles. The van der Waals surface area contributed by atoms with E-state index in [2.05, 4.69) is 84.1 Å². The van der Waals surface area contributed by atoms with E-state index in [9.17, 15) is 4.79 Å². The van der Waals surface area contributed by atoms with Crippen LogP contribution in [-0.4, -0.2) is 6.29 Å². The molecule has 0 aromatic carbocycles. The molecule has 122 valence electrons. The van der Waals surface area contributed by atoms with Crippen molar-refractivity contribution in [3.05, 3.63) is 48.1 Å². The Morgan fingerprint density at radius 1 is 1.36 bits per heavy atom. The molecule has 1 nitrogen and oxygen atoms in total. The topological polar surface area (TPSA) is 17.1 Å². The van der Waals surface area contributed by atoms with Crippen molar-refractivity contribution in [3.63, 3.8) is 0 Å². The van der Waals surface area contributed by atoms with E-state index in [0.717, 1.165) is 12.7 Å². The van der Waals surface area contributed by atoms with E-state index >= 15 is 0 Å². The van der Waals surface area contributed by atoms with Gasteiger partial charge in [0.15, 0.2) is 0 Å². The van der Waals surface area contributed by atoms with Gasteiger partial charge in [0.25, 0.3) is 0 Å². The maximum absolute atomic E-state index is 10.5. The van der Waals surface area contributed by atoms with Crippen LogP contribution in [0.4, 0.5) is 0 Å². The van der Waals surface area contributed by atoms with Crippen molar-refractivity contribution in [3.8, 4) is 0 Å². The lowest BCUT2D eigenvalue weighted by atomic mass is 9.56. The van der Waals surface area contributed by atoms with Crippen molar-refractivity contribution in [2.45, 2.75) is 54.4 Å². The second-order valence-corrected chi connectivity index (χ2v) is 7.60. The molecule has 3 atom stereocenters. The minimum absolute atomic E-state index is 0.172. The lowest BCUT2D eigenvalue weighted by molar-refractivity contribution is -0.108. The molecule has 0 aromatic rings. The van der Waals surface area contributed by atoms with Crippen LogP contribution < -0.4 is 0 Å². The second-order valence-electron chi connectivity index (χ2n) is 7.60. The number of hydrogen-bond donors (Lipinski definition) is 0. The van der Waals surface area contributed by atoms with E-state index in [0.29, 0.717) is 18.3 Å². The molecule has 0 saturated heterocycles. The van der Waals surface area contributed by atoms with Crippen LogP contribution in [0, 0.1) is 22.7 Å². The summed E-state index contributed by atoms with van der Waals surface area (Å²) < 4.78 is 0. The summed E-state index contributed by atoms with van der Waals surface area (Å²) >= 11 is 0. The van der Waals surface area contributed by atoms with Gasteiger partial charge in [-0.05, 0) is 36.0 Å². The van der Waals surface area contributed by atoms with E-state index in [4.69, 9.17) is 0 Å². The summed E-state index contributed by atoms with van der Waals surface area (Å²) in [5.41, 5.74) is 1.69. The summed E-state index contributed by atoms with van der Waals surface area (Å²) in [6.45, 7) is 13.6. The van der Waals surface area contributed by atoms with Gasteiger partial charge in [-0.2, -0.15) is 0 Å². The average molecular weight is 300 g/mol. The molecule has 0 heterocycles. The van der Waals surface area contributed by atoms with Gasteiger partial charge < -0.3 is 4.79 Å². The Hall–Kier alpha value is -1.37. The molecule has 0 radical (unpaired) electrons. The maximum Gasteiger partial charge on any atom is 0.120 e. The van der Waals surface area contributed by atoms with Gasteiger partial charge in [-0.3, -0.25) is 0 Å². The number of carbonyl (C=O) groups excluding carboxylic acids is 1. The van der Waals surface area contributed by atoms with Gasteiger partial charge in [0.2, 0.25) is 0 Å². The highest BCUT2D eigenvalue weighted by atomic mass is 16.1. The summed E-state index contributed by atoms with van der Waals surface area (Å²) in [6, 6.07) is 0. The van der Waals surface area contributed by atoms with Gasteiger partial charge in [0.05, 0.1) is 0 Å². The molecule has 0 spiro atoms. The molecule has 1 aliphatic carbocycles. The molecular weight excluding hydrogens is 268 g/mol. The van der Waals surface area contributed by atoms with Gasteiger partial charge in [-0.1, -0.05) is 82.7 Å². The Morgan fingerprint density at radius 2 is 2.05 bits per heavy atom. The third-order valence-electron chi connectivity index (χ3n) is 5.42. The van der Waals surface area contributed by atoms with Crippen LogP contribution in [-0.2, 0) is 4.79 Å². The van der Waals surface area contributed by atoms with Gasteiger partial charge >= 0.3 is 0 Å². The monoisotopic (exact) mass is 300 g/mol. The summed E-state index contributed by atoms with van der Waals surface area (Å²) in [4.78, 5) is 10.5. The van der Waals surface area contributed by atoms with Crippen LogP contribution in [0.25, 0.3) is 0 Å². The highest BCUT2D eigenvalue weighted by Crippen LogP contribution is 2.51. The molecule has 0 bridgehead atoms. The first-order valence-corrected chi connectivity index (χ1v) is 8.37. The third kappa shape index (κ3) is 4.56. The molecule has 0 aromatic heterocycles. The van der Waals surface area contributed by atoms with Crippen molar-refractivity contribution >= 4 is 6.29 Å². The number of hydrogen-bond acceptors (Lipinski definition) is 1. The summed E-state index contributed by atoms with van der Waals surface area (Å²) in [5, 5.41) is 0. The predicted octanol–water partition coefficient (Wildman–Crippen LogP) is 5.90. The smallest absolute Gasteiger partial charge is 0.120 e. The van der Waals surface area contributed by atoms with Gasteiger partial charge in [-0.15, -0.1) is 0 Å². The van der Waals surface area contributed by atoms with Crippen LogP contribution in [0.1, 0.15) is 54.4 Å². The Labute approximate surface area is 136 Å². The SMILES string of the molecule is CC(/C=C/C1(C)C(C)C=CCC1(C)C)=C\C=C\C(C)CC=O. The fourth-order valence-electron chi connectivity index (χ4n) is 2.97. The number of carbonyl (C=O) groups is 1. The zero-order chi connectivity index (χ0) is 16.8. The van der Waals surface area contributed by atoms with E-state index in [1.807, 2.05) is 0 Å². The van der Waals surface area contributed by atoms with Gasteiger partial charge in [-0.25, -0.2) is 0 Å². The quantitative estimate of drug-likeness (QED) is 0.339. The van der Waals surface area contributed by atoms with Crippen molar-refractivity contribution < 1.29 is 4.79 Å². The Bertz CT molecular complexity index is 490. The van der Waals surface area contributed by atoms with Crippen molar-refractivity contribution in [1.82, 2.24) is 0 Å². The first kappa shape index (κ1) is 18.7. The van der Waals surface area contributed by atoms with Crippen LogP contribution in [0.5, 0.6) is 0 Å². The maximum atomic E-state index is 10.5. The highest BCUT2D eigenvalue weighted by molar-refractivity contribution is 5.50.